The van der Waals surface area contributed by atoms with Gasteiger partial charge in [-0.2, -0.15) is 0 Å². The van der Waals surface area contributed by atoms with Gasteiger partial charge in [0.15, 0.2) is 0 Å². The molecule has 0 aliphatic heterocycles. The van der Waals surface area contributed by atoms with Gasteiger partial charge >= 0.3 is 57.5 Å². The molecule has 0 aliphatic rings. The molecule has 0 N–H and O–H groups in total. The predicted octanol–water partition coefficient (Wildman–Crippen LogP) is 1.57. The van der Waals surface area contributed by atoms with Gasteiger partial charge in [-0.3, -0.25) is 0 Å². The molecule has 0 aromatic rings. The molecule has 0 rings (SSSR count). The Hall–Kier alpha value is 1.32. The molecule has 0 radical (unpaired) electrons. The molecule has 0 heterocycles. The van der Waals surface area contributed by atoms with E-state index in [1.807, 2.05) is 0 Å². The molecule has 0 spiro atoms. The second-order valence-electron chi connectivity index (χ2n) is 2.12. The Kier molecular flexibility index (Phi) is 5.02. The first-order valence-electron chi connectivity index (χ1n) is 2.50. The Morgan fingerprint density at radius 1 is 0.857 bits per heavy atom. The number of rotatable bonds is 0. The van der Waals surface area contributed by atoms with E-state index in [9.17, 15) is 0 Å². The van der Waals surface area contributed by atoms with Crippen LogP contribution in [0.5, 0.6) is 0 Å². The van der Waals surface area contributed by atoms with Gasteiger partial charge in [0.2, 0.25) is 0 Å². The van der Waals surface area contributed by atoms with Crippen molar-refractivity contribution in [1.82, 2.24) is 0 Å². The van der Waals surface area contributed by atoms with Crippen LogP contribution >= 0.6 is 0 Å². The van der Waals surface area contributed by atoms with E-state index in [0.717, 1.165) is 0 Å². The maximum absolute atomic E-state index is 2.47. The van der Waals surface area contributed by atoms with E-state index in [4.69, 9.17) is 0 Å². The standard InChI is InChI=1S/2C2H6Si.Zr/c2*1-3-2;/h2*1-2H3;. The van der Waals surface area contributed by atoms with Gasteiger partial charge < -0.3 is 0 Å². The van der Waals surface area contributed by atoms with Crippen molar-refractivity contribution in [2.75, 3.05) is 0 Å². The van der Waals surface area contributed by atoms with Crippen LogP contribution in [0.1, 0.15) is 0 Å². The van der Waals surface area contributed by atoms with E-state index in [1.165, 1.54) is 0 Å². The van der Waals surface area contributed by atoms with Gasteiger partial charge in [-0.15, -0.1) is 0 Å². The summed E-state index contributed by atoms with van der Waals surface area (Å²) < 4.78 is 0. The van der Waals surface area contributed by atoms with E-state index in [1.54, 1.807) is 0 Å². The Morgan fingerprint density at radius 2 is 1.14 bits per heavy atom. The molecule has 0 unspecified atom stereocenters. The molecule has 0 saturated carbocycles. The molecule has 0 amide bonds. The molecule has 0 fully saturated rings. The first kappa shape index (κ1) is 8.32. The second kappa shape index (κ2) is 4.22. The van der Waals surface area contributed by atoms with E-state index in [0.29, 0.717) is 0 Å². The summed E-state index contributed by atoms with van der Waals surface area (Å²) in [5.74, 6) is 0. The van der Waals surface area contributed by atoms with Crippen LogP contribution in [0.25, 0.3) is 0 Å². The Balaban J connectivity index is 4.13. The average Bonchev–Trinajstić information content (AvgIpc) is 1.27. The van der Waals surface area contributed by atoms with Gasteiger partial charge in [-0.25, -0.2) is 0 Å². The normalized spacial score (nSPS) is 7.43. The van der Waals surface area contributed by atoms with E-state index in [2.05, 4.69) is 26.2 Å². The molecule has 40 valence electrons. The topological polar surface area (TPSA) is 0 Å². The van der Waals surface area contributed by atoms with Crippen LogP contribution in [0.15, 0.2) is 0 Å². The van der Waals surface area contributed by atoms with Crippen LogP contribution in [0.2, 0.25) is 26.2 Å². The third-order valence-electron chi connectivity index (χ3n) is 0.500. The Morgan fingerprint density at radius 3 is 1.14 bits per heavy atom. The number of hydrogen-bond acceptors (Lipinski definition) is 0. The van der Waals surface area contributed by atoms with Crippen LogP contribution in [0.4, 0.5) is 0 Å². The SMILES string of the molecule is C[Si](C)=[Zr]=[Si](C)C. The van der Waals surface area contributed by atoms with Crippen LogP contribution in [0, 0.1) is 0 Å². The summed E-state index contributed by atoms with van der Waals surface area (Å²) in [6.45, 7) is 9.87. The van der Waals surface area contributed by atoms with E-state index < -0.39 is 0 Å². The zero-order valence-electron chi connectivity index (χ0n) is 5.50. The molecule has 0 aliphatic carbocycles. The summed E-state index contributed by atoms with van der Waals surface area (Å²) in [5, 5.41) is 0. The summed E-state index contributed by atoms with van der Waals surface area (Å²) >= 11 is 0.243. The van der Waals surface area contributed by atoms with Gasteiger partial charge in [0.25, 0.3) is 0 Å². The van der Waals surface area contributed by atoms with Crippen LogP contribution in [0.3, 0.4) is 0 Å². The molecule has 7 heavy (non-hydrogen) atoms. The van der Waals surface area contributed by atoms with Crippen molar-refractivity contribution in [2.45, 2.75) is 26.2 Å². The van der Waals surface area contributed by atoms with Crippen molar-refractivity contribution in [3.8, 4) is 0 Å². The summed E-state index contributed by atoms with van der Waals surface area (Å²) in [4.78, 5) is 0. The molecule has 0 atom stereocenters. The van der Waals surface area contributed by atoms with E-state index in [-0.39, 0.29) is 31.3 Å². The minimum atomic E-state index is 0.243. The third-order valence-corrected chi connectivity index (χ3v) is 26.6. The molecule has 0 aromatic carbocycles. The summed E-state index contributed by atoms with van der Waals surface area (Å²) in [6, 6.07) is 0. The van der Waals surface area contributed by atoms with Gasteiger partial charge in [-0.1, -0.05) is 0 Å². The summed E-state index contributed by atoms with van der Waals surface area (Å²) in [7, 11) is 0. The molecule has 0 bridgehead atoms. The first-order chi connectivity index (χ1) is 3.13. The van der Waals surface area contributed by atoms with Gasteiger partial charge in [-0.05, 0) is 0 Å². The molecule has 0 aromatic heterocycles. The van der Waals surface area contributed by atoms with Crippen LogP contribution < -0.4 is 0 Å². The predicted molar refractivity (Wildman–Crippen MR) is 35.0 cm³/mol. The van der Waals surface area contributed by atoms with Crippen molar-refractivity contribution >= 4 is 10.9 Å². The average molecular weight is 208 g/mol. The van der Waals surface area contributed by atoms with Gasteiger partial charge in [0.1, 0.15) is 0 Å². The minimum absolute atomic E-state index is 0.243. The summed E-state index contributed by atoms with van der Waals surface area (Å²) in [6.07, 6.45) is 0. The monoisotopic (exact) mass is 206 g/mol. The zero-order chi connectivity index (χ0) is 5.86. The van der Waals surface area contributed by atoms with Crippen molar-refractivity contribution in [3.05, 3.63) is 0 Å². The van der Waals surface area contributed by atoms with Crippen LogP contribution in [-0.2, 0) is 20.5 Å². The zero-order valence-corrected chi connectivity index (χ0v) is 9.96. The molecular formula is C4H12Si2Zr. The van der Waals surface area contributed by atoms with Crippen molar-refractivity contribution in [3.63, 3.8) is 0 Å². The van der Waals surface area contributed by atoms with E-state index >= 15 is 0 Å². The van der Waals surface area contributed by atoms with Crippen molar-refractivity contribution in [1.29, 1.82) is 0 Å². The Bertz CT molecular complexity index is 102. The fourth-order valence-corrected chi connectivity index (χ4v) is 26.6. The van der Waals surface area contributed by atoms with Crippen LogP contribution in [-0.4, -0.2) is 10.9 Å². The third kappa shape index (κ3) is 7.32. The first-order valence-corrected chi connectivity index (χ1v) is 14.9. The maximum atomic E-state index is 2.47. The fourth-order valence-electron chi connectivity index (χ4n) is 0.500. The van der Waals surface area contributed by atoms with Crippen molar-refractivity contribution < 1.29 is 20.5 Å². The molecule has 0 saturated heterocycles. The number of hydrogen-bond donors (Lipinski definition) is 0. The van der Waals surface area contributed by atoms with Gasteiger partial charge in [0.05, 0.1) is 0 Å². The Labute approximate surface area is 57.3 Å². The molecule has 3 heteroatoms. The second-order valence-corrected chi connectivity index (χ2v) is 27.4. The quantitative estimate of drug-likeness (QED) is 0.529. The van der Waals surface area contributed by atoms with Crippen molar-refractivity contribution in [2.24, 2.45) is 0 Å². The molecular weight excluding hydrogens is 195 g/mol. The fraction of sp³-hybridized carbons (Fsp3) is 1.00. The summed E-state index contributed by atoms with van der Waals surface area (Å²) in [5.41, 5.74) is 0.562. The molecule has 0 nitrogen and oxygen atoms in total. The van der Waals surface area contributed by atoms with Gasteiger partial charge in [0, 0.05) is 0 Å².